The third kappa shape index (κ3) is 2.40. The summed E-state index contributed by atoms with van der Waals surface area (Å²) in [6.45, 7) is 2.77. The third-order valence-corrected chi connectivity index (χ3v) is 4.37. The molecule has 0 bridgehead atoms. The largest absolute Gasteiger partial charge is 0.366 e. The van der Waals surface area contributed by atoms with Crippen LogP contribution in [0, 0.1) is 16.0 Å². The second-order valence-electron chi connectivity index (χ2n) is 5.23. The van der Waals surface area contributed by atoms with Gasteiger partial charge in [0.05, 0.1) is 4.92 Å². The van der Waals surface area contributed by atoms with Gasteiger partial charge in [0.2, 0.25) is 0 Å². The number of nitrogens with one attached hydrogen (secondary N) is 1. The summed E-state index contributed by atoms with van der Waals surface area (Å²) in [6.07, 6.45) is 2.18. The Morgan fingerprint density at radius 1 is 1.42 bits per heavy atom. The summed E-state index contributed by atoms with van der Waals surface area (Å²) in [7, 11) is 0. The highest BCUT2D eigenvalue weighted by Gasteiger charge is 2.34. The molecule has 2 atom stereocenters. The Labute approximate surface area is 116 Å². The SMILES string of the molecule is O=[N+]([O-])c1ccc(Cl)cc1N1CCC2NCCC2C1. The van der Waals surface area contributed by atoms with E-state index in [9.17, 15) is 10.1 Å². The molecule has 6 heteroatoms. The van der Waals surface area contributed by atoms with Crippen LogP contribution in [0.5, 0.6) is 0 Å². The number of nitro groups is 1. The number of fused-ring (bicyclic) bond motifs is 1. The van der Waals surface area contributed by atoms with Crippen LogP contribution >= 0.6 is 11.6 Å². The number of nitrogens with zero attached hydrogens (tertiary/aromatic N) is 2. The van der Waals surface area contributed by atoms with Crippen LogP contribution in [0.1, 0.15) is 12.8 Å². The first kappa shape index (κ1) is 12.7. The van der Waals surface area contributed by atoms with Gasteiger partial charge in [-0.25, -0.2) is 0 Å². The number of piperidine rings is 1. The smallest absolute Gasteiger partial charge is 0.292 e. The molecule has 0 spiro atoms. The van der Waals surface area contributed by atoms with Gasteiger partial charge in [-0.2, -0.15) is 0 Å². The summed E-state index contributed by atoms with van der Waals surface area (Å²) in [6, 6.07) is 5.36. The number of nitro benzene ring substituents is 1. The van der Waals surface area contributed by atoms with E-state index in [1.54, 1.807) is 12.1 Å². The quantitative estimate of drug-likeness (QED) is 0.668. The summed E-state index contributed by atoms with van der Waals surface area (Å²) in [5, 5.41) is 15.2. The van der Waals surface area contributed by atoms with E-state index in [0.29, 0.717) is 22.7 Å². The van der Waals surface area contributed by atoms with Crippen LogP contribution in [0.15, 0.2) is 18.2 Å². The van der Waals surface area contributed by atoms with E-state index >= 15 is 0 Å². The number of anilines is 1. The summed E-state index contributed by atoms with van der Waals surface area (Å²) in [5.74, 6) is 0.590. The second kappa shape index (κ2) is 4.98. The Morgan fingerprint density at radius 2 is 2.26 bits per heavy atom. The Hall–Kier alpha value is -1.33. The van der Waals surface area contributed by atoms with E-state index in [2.05, 4.69) is 10.2 Å². The zero-order valence-electron chi connectivity index (χ0n) is 10.5. The summed E-state index contributed by atoms with van der Waals surface area (Å²) in [5.41, 5.74) is 0.802. The molecule has 0 saturated carbocycles. The van der Waals surface area contributed by atoms with Crippen molar-refractivity contribution in [1.82, 2.24) is 5.32 Å². The topological polar surface area (TPSA) is 58.4 Å². The van der Waals surface area contributed by atoms with Crippen molar-refractivity contribution < 1.29 is 4.92 Å². The van der Waals surface area contributed by atoms with Gasteiger partial charge < -0.3 is 10.2 Å². The summed E-state index contributed by atoms with van der Waals surface area (Å²) in [4.78, 5) is 12.9. The molecule has 2 saturated heterocycles. The van der Waals surface area contributed by atoms with E-state index in [1.165, 1.54) is 6.07 Å². The fourth-order valence-electron chi connectivity index (χ4n) is 3.17. The first-order valence-corrected chi connectivity index (χ1v) is 6.95. The van der Waals surface area contributed by atoms with Crippen molar-refractivity contribution >= 4 is 23.0 Å². The maximum Gasteiger partial charge on any atom is 0.292 e. The Bertz CT molecular complexity index is 509. The second-order valence-corrected chi connectivity index (χ2v) is 5.67. The zero-order valence-corrected chi connectivity index (χ0v) is 11.3. The highest BCUT2D eigenvalue weighted by molar-refractivity contribution is 6.31. The Morgan fingerprint density at radius 3 is 3.05 bits per heavy atom. The number of halogens is 1. The minimum atomic E-state index is -0.329. The van der Waals surface area contributed by atoms with Crippen molar-refractivity contribution in [2.24, 2.45) is 5.92 Å². The average Bonchev–Trinajstić information content (AvgIpc) is 2.85. The fourth-order valence-corrected chi connectivity index (χ4v) is 3.34. The maximum absolute atomic E-state index is 11.1. The van der Waals surface area contributed by atoms with Gasteiger partial charge in [-0.05, 0) is 37.4 Å². The fraction of sp³-hybridized carbons (Fsp3) is 0.538. The van der Waals surface area contributed by atoms with Crippen molar-refractivity contribution in [3.05, 3.63) is 33.3 Å². The molecule has 2 aliphatic rings. The van der Waals surface area contributed by atoms with Gasteiger partial charge in [-0.15, -0.1) is 0 Å². The molecule has 5 nitrogen and oxygen atoms in total. The molecule has 2 unspecified atom stereocenters. The van der Waals surface area contributed by atoms with Gasteiger partial charge in [-0.1, -0.05) is 11.6 Å². The molecule has 102 valence electrons. The van der Waals surface area contributed by atoms with Crippen LogP contribution in [0.4, 0.5) is 11.4 Å². The maximum atomic E-state index is 11.1. The molecule has 0 aromatic heterocycles. The van der Waals surface area contributed by atoms with Crippen LogP contribution < -0.4 is 10.2 Å². The summed E-state index contributed by atoms with van der Waals surface area (Å²) >= 11 is 5.99. The first-order chi connectivity index (χ1) is 9.15. The number of hydrogen-bond donors (Lipinski definition) is 1. The Balaban J connectivity index is 1.89. The summed E-state index contributed by atoms with van der Waals surface area (Å²) < 4.78 is 0. The van der Waals surface area contributed by atoms with Gasteiger partial charge in [-0.3, -0.25) is 10.1 Å². The van der Waals surface area contributed by atoms with Gasteiger partial charge in [0, 0.05) is 30.2 Å². The standard InChI is InChI=1S/C13H16ClN3O2/c14-10-1-2-12(17(18)19)13(7-10)16-6-4-11-9(8-16)3-5-15-11/h1-2,7,9,11,15H,3-6,8H2. The molecule has 2 heterocycles. The molecule has 2 aliphatic heterocycles. The zero-order chi connectivity index (χ0) is 13.4. The lowest BCUT2D eigenvalue weighted by Crippen LogP contribution is -2.44. The van der Waals surface area contributed by atoms with E-state index in [-0.39, 0.29) is 10.6 Å². The van der Waals surface area contributed by atoms with Crippen molar-refractivity contribution in [1.29, 1.82) is 0 Å². The first-order valence-electron chi connectivity index (χ1n) is 6.57. The molecule has 3 rings (SSSR count). The molecule has 0 radical (unpaired) electrons. The number of benzene rings is 1. The van der Waals surface area contributed by atoms with Crippen molar-refractivity contribution in [2.75, 3.05) is 24.5 Å². The van der Waals surface area contributed by atoms with E-state index in [1.807, 2.05) is 0 Å². The lowest BCUT2D eigenvalue weighted by molar-refractivity contribution is -0.384. The lowest BCUT2D eigenvalue weighted by atomic mass is 9.93. The third-order valence-electron chi connectivity index (χ3n) is 4.13. The normalized spacial score (nSPS) is 26.3. The van der Waals surface area contributed by atoms with Crippen molar-refractivity contribution in [3.8, 4) is 0 Å². The number of rotatable bonds is 2. The van der Waals surface area contributed by atoms with Crippen molar-refractivity contribution in [3.63, 3.8) is 0 Å². The molecule has 1 N–H and O–H groups in total. The van der Waals surface area contributed by atoms with Gasteiger partial charge >= 0.3 is 0 Å². The average molecular weight is 282 g/mol. The molecule has 1 aromatic rings. The predicted molar refractivity (Wildman–Crippen MR) is 74.8 cm³/mol. The molecule has 1 aromatic carbocycles. The minimum absolute atomic E-state index is 0.147. The van der Waals surface area contributed by atoms with Gasteiger partial charge in [0.25, 0.3) is 5.69 Å². The van der Waals surface area contributed by atoms with Gasteiger partial charge in [0.15, 0.2) is 0 Å². The molecule has 19 heavy (non-hydrogen) atoms. The molecule has 2 fully saturated rings. The van der Waals surface area contributed by atoms with Crippen LogP contribution in [-0.4, -0.2) is 30.6 Å². The van der Waals surface area contributed by atoms with Crippen LogP contribution in [0.3, 0.4) is 0 Å². The Kier molecular flexibility index (Phi) is 3.33. The molecule has 0 amide bonds. The highest BCUT2D eigenvalue weighted by Crippen LogP contribution is 2.35. The predicted octanol–water partition coefficient (Wildman–Crippen LogP) is 2.44. The lowest BCUT2D eigenvalue weighted by Gasteiger charge is -2.36. The van der Waals surface area contributed by atoms with Crippen LogP contribution in [0.25, 0.3) is 0 Å². The molecular weight excluding hydrogens is 266 g/mol. The molecule has 0 aliphatic carbocycles. The molecular formula is C13H16ClN3O2. The van der Waals surface area contributed by atoms with Crippen LogP contribution in [0.2, 0.25) is 5.02 Å². The van der Waals surface area contributed by atoms with E-state index in [0.717, 1.165) is 32.5 Å². The van der Waals surface area contributed by atoms with Crippen molar-refractivity contribution in [2.45, 2.75) is 18.9 Å². The van der Waals surface area contributed by atoms with E-state index in [4.69, 9.17) is 11.6 Å². The number of hydrogen-bond acceptors (Lipinski definition) is 4. The minimum Gasteiger partial charge on any atom is -0.366 e. The monoisotopic (exact) mass is 281 g/mol. The van der Waals surface area contributed by atoms with E-state index < -0.39 is 0 Å². The van der Waals surface area contributed by atoms with Crippen LogP contribution in [-0.2, 0) is 0 Å². The highest BCUT2D eigenvalue weighted by atomic mass is 35.5. The van der Waals surface area contributed by atoms with Gasteiger partial charge in [0.1, 0.15) is 5.69 Å².